The number of benzene rings is 1. The lowest BCUT2D eigenvalue weighted by molar-refractivity contribution is 0.0699. The lowest BCUT2D eigenvalue weighted by atomic mass is 10.1. The molecule has 16 heteroatoms. The Kier molecular flexibility index (Phi) is 20.4. The van der Waals surface area contributed by atoms with Crippen LogP contribution in [0.5, 0.6) is 0 Å². The molecule has 0 heterocycles. The predicted molar refractivity (Wildman–Crippen MR) is 194 cm³/mol. The molecular formula is C26H46I3N3O8Si2. The minimum atomic E-state index is -2.80. The molecule has 0 aromatic heterocycles. The molecule has 0 aliphatic heterocycles. The monoisotopic (exact) mass is 965 g/mol. The Hall–Kier alpha value is 0.344. The standard InChI is InChI=1S/C26H46I3N3O8Si2/c1-7-35-41(36-8-2,37-9-3)17-13-15-31-25(33)19-21(27)20(23(29)24(30)22(19)28)26(34)32-16-14-18-42(38-10-4,39-11-5)40-12-6/h7-18,30H2,1-6H3,(H,31,33)(H,32,34). The zero-order valence-electron chi connectivity index (χ0n) is 25.5. The van der Waals surface area contributed by atoms with Gasteiger partial charge in [0.1, 0.15) is 0 Å². The van der Waals surface area contributed by atoms with Crippen LogP contribution in [-0.4, -0.2) is 82.2 Å². The number of amides is 2. The minimum absolute atomic E-state index is 0.293. The summed E-state index contributed by atoms with van der Waals surface area (Å²) >= 11 is 6.19. The third-order valence-electron chi connectivity index (χ3n) is 5.88. The van der Waals surface area contributed by atoms with E-state index in [1.165, 1.54) is 0 Å². The quantitative estimate of drug-likeness (QED) is 0.0603. The van der Waals surface area contributed by atoms with Crippen LogP contribution in [0, 0.1) is 10.7 Å². The van der Waals surface area contributed by atoms with Crippen molar-refractivity contribution in [3.63, 3.8) is 0 Å². The first-order valence-electron chi connectivity index (χ1n) is 14.4. The zero-order chi connectivity index (χ0) is 31.8. The molecule has 0 aliphatic rings. The third kappa shape index (κ3) is 11.9. The van der Waals surface area contributed by atoms with Crippen molar-refractivity contribution in [3.8, 4) is 0 Å². The van der Waals surface area contributed by atoms with Crippen molar-refractivity contribution in [3.05, 3.63) is 21.8 Å². The average molecular weight is 966 g/mol. The summed E-state index contributed by atoms with van der Waals surface area (Å²) in [6.45, 7) is 15.3. The van der Waals surface area contributed by atoms with E-state index in [1.807, 2.05) is 41.5 Å². The molecule has 0 aliphatic carbocycles. The highest BCUT2D eigenvalue weighted by Gasteiger charge is 2.40. The van der Waals surface area contributed by atoms with Crippen molar-refractivity contribution < 1.29 is 36.1 Å². The smallest absolute Gasteiger partial charge is 0.397 e. The summed E-state index contributed by atoms with van der Waals surface area (Å²) in [5, 5.41) is 5.95. The first kappa shape index (κ1) is 40.4. The van der Waals surface area contributed by atoms with E-state index in [2.05, 4.69) is 78.4 Å². The van der Waals surface area contributed by atoms with Gasteiger partial charge in [0.15, 0.2) is 0 Å². The summed E-state index contributed by atoms with van der Waals surface area (Å²) in [6.07, 6.45) is 1.24. The lowest BCUT2D eigenvalue weighted by Gasteiger charge is -2.28. The van der Waals surface area contributed by atoms with E-state index in [0.717, 1.165) is 0 Å². The summed E-state index contributed by atoms with van der Waals surface area (Å²) in [7, 11) is -5.60. The van der Waals surface area contributed by atoms with Crippen LogP contribution in [0.2, 0.25) is 12.1 Å². The molecule has 42 heavy (non-hydrogen) atoms. The second-order valence-electron chi connectivity index (χ2n) is 8.79. The van der Waals surface area contributed by atoms with Crippen molar-refractivity contribution in [1.29, 1.82) is 0 Å². The molecule has 1 aromatic rings. The van der Waals surface area contributed by atoms with Gasteiger partial charge in [0.05, 0.1) is 24.0 Å². The van der Waals surface area contributed by atoms with Gasteiger partial charge in [-0.2, -0.15) is 0 Å². The van der Waals surface area contributed by atoms with E-state index in [-0.39, 0.29) is 11.8 Å². The fraction of sp³-hybridized carbons (Fsp3) is 0.692. The molecule has 4 N–H and O–H groups in total. The van der Waals surface area contributed by atoms with Crippen molar-refractivity contribution in [2.24, 2.45) is 0 Å². The van der Waals surface area contributed by atoms with E-state index in [1.54, 1.807) is 0 Å². The Morgan fingerprint density at radius 2 is 0.881 bits per heavy atom. The largest absolute Gasteiger partial charge is 0.500 e. The molecule has 0 radical (unpaired) electrons. The Balaban J connectivity index is 2.98. The number of nitrogen functional groups attached to an aromatic ring is 1. The summed E-state index contributed by atoms with van der Waals surface area (Å²) in [5.74, 6) is -0.586. The maximum absolute atomic E-state index is 13.4. The molecule has 1 aromatic carbocycles. The summed E-state index contributed by atoms with van der Waals surface area (Å²) in [4.78, 5) is 26.7. The SMILES string of the molecule is CCO[Si](CCCNC(=O)c1c(I)c(N)c(I)c(C(=O)NCCC[Si](OCC)(OCC)OCC)c1I)(OCC)OCC. The Morgan fingerprint density at radius 3 is 1.14 bits per heavy atom. The number of anilines is 1. The van der Waals surface area contributed by atoms with E-state index in [0.29, 0.717) is 105 Å². The number of rotatable bonds is 22. The highest BCUT2D eigenvalue weighted by Crippen LogP contribution is 2.34. The van der Waals surface area contributed by atoms with Crippen LogP contribution in [0.25, 0.3) is 0 Å². The number of nitrogens with one attached hydrogen (secondary N) is 2. The Bertz CT molecular complexity index is 903. The van der Waals surface area contributed by atoms with Gasteiger partial charge >= 0.3 is 17.6 Å². The fourth-order valence-corrected chi connectivity index (χ4v) is 13.6. The zero-order valence-corrected chi connectivity index (χ0v) is 33.9. The maximum Gasteiger partial charge on any atom is 0.500 e. The van der Waals surface area contributed by atoms with Crippen molar-refractivity contribution in [1.82, 2.24) is 10.6 Å². The molecule has 0 fully saturated rings. The second-order valence-corrected chi connectivity index (χ2v) is 17.5. The highest BCUT2D eigenvalue weighted by atomic mass is 127. The summed E-state index contributed by atoms with van der Waals surface area (Å²) in [6, 6.07) is 1.17. The number of hydrogen-bond donors (Lipinski definition) is 3. The van der Waals surface area contributed by atoms with Crippen LogP contribution in [0.3, 0.4) is 0 Å². The molecule has 0 bridgehead atoms. The van der Waals surface area contributed by atoms with Crippen LogP contribution < -0.4 is 16.4 Å². The number of nitrogens with two attached hydrogens (primary N) is 1. The van der Waals surface area contributed by atoms with Gasteiger partial charge in [0.25, 0.3) is 11.8 Å². The molecule has 0 atom stereocenters. The van der Waals surface area contributed by atoms with Crippen LogP contribution in [0.15, 0.2) is 0 Å². The first-order valence-corrected chi connectivity index (χ1v) is 21.5. The van der Waals surface area contributed by atoms with Crippen molar-refractivity contribution in [2.75, 3.05) is 58.5 Å². The molecule has 2 amide bonds. The Morgan fingerprint density at radius 1 is 0.595 bits per heavy atom. The molecule has 0 spiro atoms. The van der Waals surface area contributed by atoms with Crippen LogP contribution in [-0.2, 0) is 26.6 Å². The maximum atomic E-state index is 13.4. The molecule has 1 rings (SSSR count). The van der Waals surface area contributed by atoms with Gasteiger partial charge in [-0.05, 0) is 122 Å². The summed E-state index contributed by atoms with van der Waals surface area (Å²) < 4.78 is 37.2. The topological polar surface area (TPSA) is 140 Å². The number of carbonyl (C=O) groups is 2. The molecule has 0 saturated carbocycles. The van der Waals surface area contributed by atoms with Gasteiger partial charge in [0, 0.05) is 68.4 Å². The van der Waals surface area contributed by atoms with E-state index < -0.39 is 17.6 Å². The molecule has 11 nitrogen and oxygen atoms in total. The van der Waals surface area contributed by atoms with Gasteiger partial charge in [-0.15, -0.1) is 0 Å². The van der Waals surface area contributed by atoms with Crippen LogP contribution in [0.4, 0.5) is 5.69 Å². The van der Waals surface area contributed by atoms with Gasteiger partial charge in [-0.1, -0.05) is 0 Å². The second kappa shape index (κ2) is 21.2. The van der Waals surface area contributed by atoms with E-state index >= 15 is 0 Å². The van der Waals surface area contributed by atoms with Gasteiger partial charge in [0.2, 0.25) is 0 Å². The number of hydrogen-bond acceptors (Lipinski definition) is 9. The van der Waals surface area contributed by atoms with E-state index in [4.69, 9.17) is 32.3 Å². The highest BCUT2D eigenvalue weighted by molar-refractivity contribution is 14.1. The van der Waals surface area contributed by atoms with Crippen LogP contribution in [0.1, 0.15) is 75.1 Å². The van der Waals surface area contributed by atoms with Gasteiger partial charge in [-0.3, -0.25) is 9.59 Å². The van der Waals surface area contributed by atoms with Crippen molar-refractivity contribution in [2.45, 2.75) is 66.5 Å². The predicted octanol–water partition coefficient (Wildman–Crippen LogP) is 5.42. The minimum Gasteiger partial charge on any atom is -0.397 e. The molecule has 242 valence electrons. The molecule has 0 unspecified atom stereocenters. The number of halogens is 3. The molecule has 0 saturated heterocycles. The Labute approximate surface area is 293 Å². The lowest BCUT2D eigenvalue weighted by Crippen LogP contribution is -2.46. The molecular weight excluding hydrogens is 919 g/mol. The summed E-state index contributed by atoms with van der Waals surface area (Å²) in [5.41, 5.74) is 7.56. The average Bonchev–Trinajstić information content (AvgIpc) is 2.93. The van der Waals surface area contributed by atoms with Crippen LogP contribution >= 0.6 is 67.8 Å². The number of carbonyl (C=O) groups excluding carboxylic acids is 2. The third-order valence-corrected chi connectivity index (χ3v) is 15.5. The van der Waals surface area contributed by atoms with Gasteiger partial charge in [-0.25, -0.2) is 0 Å². The normalized spacial score (nSPS) is 12.0. The van der Waals surface area contributed by atoms with Crippen molar-refractivity contribution >= 4 is 103 Å². The van der Waals surface area contributed by atoms with E-state index in [9.17, 15) is 9.59 Å². The van der Waals surface area contributed by atoms with Gasteiger partial charge < -0.3 is 42.9 Å². The first-order chi connectivity index (χ1) is 20.0. The fourth-order valence-electron chi connectivity index (χ4n) is 4.27.